The smallest absolute Gasteiger partial charge is 0.304 e. The lowest BCUT2D eigenvalue weighted by Crippen LogP contribution is -2.39. The zero-order valence-electron chi connectivity index (χ0n) is 11.2. The number of para-hydroxylation sites is 1. The molecule has 0 N–H and O–H groups in total. The van der Waals surface area contributed by atoms with E-state index >= 15 is 0 Å². The van der Waals surface area contributed by atoms with Crippen LogP contribution in [-0.4, -0.2) is 26.8 Å². The molecule has 0 atom stereocenters. The van der Waals surface area contributed by atoms with E-state index in [9.17, 15) is 8.42 Å². The van der Waals surface area contributed by atoms with E-state index in [0.717, 1.165) is 4.31 Å². The predicted octanol–water partition coefficient (Wildman–Crippen LogP) is 2.75. The lowest BCUT2D eigenvalue weighted by atomic mass is 10.3. The highest BCUT2D eigenvalue weighted by atomic mass is 35.5. The fourth-order valence-corrected chi connectivity index (χ4v) is 3.07. The highest BCUT2D eigenvalue weighted by Gasteiger charge is 2.27. The van der Waals surface area contributed by atoms with E-state index in [-0.39, 0.29) is 6.54 Å². The highest BCUT2D eigenvalue weighted by molar-refractivity contribution is 7.90. The van der Waals surface area contributed by atoms with Crippen molar-refractivity contribution < 1.29 is 12.8 Å². The van der Waals surface area contributed by atoms with Crippen LogP contribution in [0.1, 0.15) is 5.76 Å². The quantitative estimate of drug-likeness (QED) is 0.852. The van der Waals surface area contributed by atoms with Crippen molar-refractivity contribution in [2.45, 2.75) is 6.54 Å². The van der Waals surface area contributed by atoms with Crippen molar-refractivity contribution in [2.24, 2.45) is 0 Å². The summed E-state index contributed by atoms with van der Waals surface area (Å²) in [7, 11) is -0.721. The molecule has 1 aromatic heterocycles. The molecule has 5 nitrogen and oxygen atoms in total. The Kier molecular flexibility index (Phi) is 4.37. The van der Waals surface area contributed by atoms with E-state index in [0.29, 0.717) is 16.5 Å². The van der Waals surface area contributed by atoms with E-state index < -0.39 is 10.2 Å². The van der Waals surface area contributed by atoms with Gasteiger partial charge in [0.25, 0.3) is 0 Å². The molecule has 20 heavy (non-hydrogen) atoms. The van der Waals surface area contributed by atoms with E-state index in [1.54, 1.807) is 36.4 Å². The zero-order valence-corrected chi connectivity index (χ0v) is 12.7. The van der Waals surface area contributed by atoms with Crippen LogP contribution < -0.4 is 4.31 Å². The molecule has 1 aromatic carbocycles. The van der Waals surface area contributed by atoms with Crippen LogP contribution in [0, 0.1) is 0 Å². The minimum atomic E-state index is -3.67. The first kappa shape index (κ1) is 14.9. The summed E-state index contributed by atoms with van der Waals surface area (Å²) in [5.74, 6) is 0.537. The van der Waals surface area contributed by atoms with Crippen LogP contribution in [-0.2, 0) is 16.8 Å². The average Bonchev–Trinajstić information content (AvgIpc) is 2.89. The molecular formula is C13H15ClN2O3S. The zero-order chi connectivity index (χ0) is 14.8. The first-order chi connectivity index (χ1) is 9.43. The maximum absolute atomic E-state index is 12.5. The number of rotatable bonds is 5. The Morgan fingerprint density at radius 1 is 1.15 bits per heavy atom. The molecule has 2 rings (SSSR count). The van der Waals surface area contributed by atoms with Gasteiger partial charge in [0, 0.05) is 14.1 Å². The second-order valence-corrected chi connectivity index (χ2v) is 6.80. The van der Waals surface area contributed by atoms with Gasteiger partial charge in [-0.15, -0.1) is 0 Å². The van der Waals surface area contributed by atoms with Crippen molar-refractivity contribution in [1.82, 2.24) is 4.31 Å². The average molecular weight is 315 g/mol. The van der Waals surface area contributed by atoms with Gasteiger partial charge in [-0.05, 0) is 24.3 Å². The molecule has 0 fully saturated rings. The topological polar surface area (TPSA) is 53.8 Å². The molecule has 0 bridgehead atoms. The number of hydrogen-bond acceptors (Lipinski definition) is 3. The second-order valence-electron chi connectivity index (χ2n) is 4.33. The molecule has 0 saturated heterocycles. The molecule has 0 saturated carbocycles. The Morgan fingerprint density at radius 2 is 1.85 bits per heavy atom. The summed E-state index contributed by atoms with van der Waals surface area (Å²) in [6, 6.07) is 10.2. The summed E-state index contributed by atoms with van der Waals surface area (Å²) >= 11 is 6.11. The van der Waals surface area contributed by atoms with Gasteiger partial charge < -0.3 is 4.42 Å². The molecular weight excluding hydrogens is 300 g/mol. The summed E-state index contributed by atoms with van der Waals surface area (Å²) < 4.78 is 32.5. The fourth-order valence-electron chi connectivity index (χ4n) is 1.69. The van der Waals surface area contributed by atoms with Crippen molar-refractivity contribution in [1.29, 1.82) is 0 Å². The van der Waals surface area contributed by atoms with Crippen molar-refractivity contribution in [3.8, 4) is 0 Å². The van der Waals surface area contributed by atoms with Gasteiger partial charge in [-0.1, -0.05) is 23.7 Å². The maximum atomic E-state index is 12.5. The molecule has 0 aliphatic carbocycles. The first-order valence-electron chi connectivity index (χ1n) is 5.90. The summed E-state index contributed by atoms with van der Waals surface area (Å²) in [6.07, 6.45) is 1.50. The molecule has 0 aliphatic heterocycles. The molecule has 7 heteroatoms. The van der Waals surface area contributed by atoms with Crippen LogP contribution in [0.25, 0.3) is 0 Å². The number of nitrogens with zero attached hydrogens (tertiary/aromatic N) is 2. The third kappa shape index (κ3) is 2.98. The molecule has 2 aromatic rings. The molecule has 0 unspecified atom stereocenters. The number of furan rings is 1. The number of anilines is 1. The molecule has 108 valence electrons. The van der Waals surface area contributed by atoms with Crippen molar-refractivity contribution >= 4 is 27.5 Å². The van der Waals surface area contributed by atoms with Crippen molar-refractivity contribution in [3.05, 3.63) is 53.4 Å². The monoisotopic (exact) mass is 314 g/mol. The highest BCUT2D eigenvalue weighted by Crippen LogP contribution is 2.29. The Bertz CT molecular complexity index is 669. The van der Waals surface area contributed by atoms with Crippen LogP contribution in [0.3, 0.4) is 0 Å². The first-order valence-corrected chi connectivity index (χ1v) is 7.67. The summed E-state index contributed by atoms with van der Waals surface area (Å²) in [6.45, 7) is 0.0806. The second kappa shape index (κ2) is 5.87. The van der Waals surface area contributed by atoms with Gasteiger partial charge >= 0.3 is 10.2 Å². The molecule has 0 amide bonds. The molecule has 0 aliphatic rings. The predicted molar refractivity (Wildman–Crippen MR) is 78.9 cm³/mol. The van der Waals surface area contributed by atoms with Gasteiger partial charge in [0.1, 0.15) is 5.76 Å². The maximum Gasteiger partial charge on any atom is 0.304 e. The number of halogens is 1. The van der Waals surface area contributed by atoms with Gasteiger partial charge in [0.05, 0.1) is 23.5 Å². The van der Waals surface area contributed by atoms with Crippen LogP contribution in [0.2, 0.25) is 5.02 Å². The Hall–Kier alpha value is -1.50. The Balaban J connectivity index is 2.47. The third-order valence-electron chi connectivity index (χ3n) is 2.74. The minimum Gasteiger partial charge on any atom is -0.467 e. The number of benzene rings is 1. The van der Waals surface area contributed by atoms with E-state index in [1.807, 2.05) is 0 Å². The lowest BCUT2D eigenvalue weighted by Gasteiger charge is -2.27. The standard InChI is InChI=1S/C13H15ClN2O3S/c1-15(2)20(17,18)16(10-11-6-5-9-19-11)13-8-4-3-7-12(13)14/h3-9H,10H2,1-2H3. The van der Waals surface area contributed by atoms with E-state index in [4.69, 9.17) is 16.0 Å². The van der Waals surface area contributed by atoms with Gasteiger partial charge in [0.2, 0.25) is 0 Å². The molecule has 0 spiro atoms. The molecule has 1 heterocycles. The lowest BCUT2D eigenvalue weighted by molar-refractivity contribution is 0.492. The van der Waals surface area contributed by atoms with E-state index in [1.165, 1.54) is 24.7 Å². The summed E-state index contributed by atoms with van der Waals surface area (Å²) in [4.78, 5) is 0. The third-order valence-corrected chi connectivity index (χ3v) is 4.87. The summed E-state index contributed by atoms with van der Waals surface area (Å²) in [5.41, 5.74) is 0.416. The Morgan fingerprint density at radius 3 is 2.40 bits per heavy atom. The van der Waals surface area contributed by atoms with Crippen LogP contribution in [0.15, 0.2) is 47.1 Å². The fraction of sp³-hybridized carbons (Fsp3) is 0.231. The normalized spacial score (nSPS) is 11.8. The van der Waals surface area contributed by atoms with Crippen LogP contribution in [0.4, 0.5) is 5.69 Å². The number of hydrogen-bond donors (Lipinski definition) is 0. The van der Waals surface area contributed by atoms with Gasteiger partial charge in [-0.25, -0.2) is 4.31 Å². The largest absolute Gasteiger partial charge is 0.467 e. The van der Waals surface area contributed by atoms with Crippen molar-refractivity contribution in [3.63, 3.8) is 0 Å². The van der Waals surface area contributed by atoms with Crippen molar-refractivity contribution in [2.75, 3.05) is 18.4 Å². The van der Waals surface area contributed by atoms with Gasteiger partial charge in [-0.2, -0.15) is 12.7 Å². The van der Waals surface area contributed by atoms with Crippen LogP contribution in [0.5, 0.6) is 0 Å². The van der Waals surface area contributed by atoms with E-state index in [2.05, 4.69) is 0 Å². The van der Waals surface area contributed by atoms with Gasteiger partial charge in [0.15, 0.2) is 0 Å². The van der Waals surface area contributed by atoms with Gasteiger partial charge in [-0.3, -0.25) is 0 Å². The Labute approximate surface area is 123 Å². The summed E-state index contributed by atoms with van der Waals surface area (Å²) in [5, 5.41) is 0.365. The SMILES string of the molecule is CN(C)S(=O)(=O)N(Cc1ccco1)c1ccccc1Cl. The minimum absolute atomic E-state index is 0.0806. The molecule has 0 radical (unpaired) electrons. The van der Waals surface area contributed by atoms with Crippen LogP contribution >= 0.6 is 11.6 Å².